The van der Waals surface area contributed by atoms with Gasteiger partial charge in [0.2, 0.25) is 0 Å². The average molecular weight is 207 g/mol. The van der Waals surface area contributed by atoms with Crippen LogP contribution < -0.4 is 5.32 Å². The van der Waals surface area contributed by atoms with E-state index in [9.17, 15) is 0 Å². The highest BCUT2D eigenvalue weighted by molar-refractivity contribution is 5.27. The van der Waals surface area contributed by atoms with Gasteiger partial charge in [-0.2, -0.15) is 5.10 Å². The molecular weight excluding hydrogens is 186 g/mol. The lowest BCUT2D eigenvalue weighted by molar-refractivity contribution is 0.451. The molecule has 2 N–H and O–H groups in total. The number of aryl methyl sites for hydroxylation is 1. The zero-order valence-corrected chi connectivity index (χ0v) is 9.77. The van der Waals surface area contributed by atoms with Crippen LogP contribution >= 0.6 is 0 Å². The van der Waals surface area contributed by atoms with E-state index in [-0.39, 0.29) is 0 Å². The first-order valence-electron chi connectivity index (χ1n) is 6.07. The fourth-order valence-electron chi connectivity index (χ4n) is 2.44. The minimum Gasteiger partial charge on any atom is -0.317 e. The van der Waals surface area contributed by atoms with Crippen LogP contribution in [0.1, 0.15) is 49.1 Å². The van der Waals surface area contributed by atoms with Crippen molar-refractivity contribution in [3.05, 3.63) is 17.0 Å². The molecule has 0 unspecified atom stereocenters. The minimum atomic E-state index is 0.674. The highest BCUT2D eigenvalue weighted by Crippen LogP contribution is 2.27. The number of aromatic nitrogens is 2. The normalized spacial score (nSPS) is 18.3. The molecule has 3 heteroatoms. The van der Waals surface area contributed by atoms with Crippen molar-refractivity contribution in [2.45, 2.75) is 45.4 Å². The Balaban J connectivity index is 2.13. The molecule has 0 saturated carbocycles. The van der Waals surface area contributed by atoms with Crippen LogP contribution in [0.25, 0.3) is 0 Å². The number of hydrogen-bond donors (Lipinski definition) is 2. The molecule has 1 aliphatic heterocycles. The van der Waals surface area contributed by atoms with E-state index in [1.165, 1.54) is 36.2 Å². The van der Waals surface area contributed by atoms with Crippen LogP contribution in [0.2, 0.25) is 0 Å². The summed E-state index contributed by atoms with van der Waals surface area (Å²) >= 11 is 0. The summed E-state index contributed by atoms with van der Waals surface area (Å²) in [6, 6.07) is 0. The van der Waals surface area contributed by atoms with Crippen LogP contribution in [0.15, 0.2) is 0 Å². The van der Waals surface area contributed by atoms with E-state index in [2.05, 4.69) is 29.4 Å². The van der Waals surface area contributed by atoms with E-state index in [0.717, 1.165) is 19.5 Å². The van der Waals surface area contributed by atoms with Gasteiger partial charge in [-0.05, 0) is 44.8 Å². The van der Waals surface area contributed by atoms with Gasteiger partial charge in [-0.1, -0.05) is 13.3 Å². The van der Waals surface area contributed by atoms with E-state index in [0.29, 0.717) is 5.92 Å². The molecule has 1 fully saturated rings. The SMILES string of the molecule is CCCc1[nH]nc(C2CCNCC2)c1C. The van der Waals surface area contributed by atoms with Gasteiger partial charge in [0.1, 0.15) is 0 Å². The molecule has 0 atom stereocenters. The Labute approximate surface area is 91.7 Å². The second-order valence-electron chi connectivity index (χ2n) is 4.49. The molecule has 15 heavy (non-hydrogen) atoms. The quantitative estimate of drug-likeness (QED) is 0.797. The number of rotatable bonds is 3. The Morgan fingerprint density at radius 3 is 2.73 bits per heavy atom. The van der Waals surface area contributed by atoms with E-state index < -0.39 is 0 Å². The lowest BCUT2D eigenvalue weighted by Crippen LogP contribution is -2.27. The number of nitrogens with zero attached hydrogens (tertiary/aromatic N) is 1. The Morgan fingerprint density at radius 2 is 2.07 bits per heavy atom. The second kappa shape index (κ2) is 4.79. The van der Waals surface area contributed by atoms with E-state index in [1.807, 2.05) is 0 Å². The van der Waals surface area contributed by atoms with Crippen LogP contribution in [-0.4, -0.2) is 23.3 Å². The third-order valence-corrected chi connectivity index (χ3v) is 3.37. The number of aromatic amines is 1. The number of nitrogens with one attached hydrogen (secondary N) is 2. The van der Waals surface area contributed by atoms with Crippen molar-refractivity contribution in [3.63, 3.8) is 0 Å². The Bertz CT molecular complexity index is 311. The zero-order valence-electron chi connectivity index (χ0n) is 9.77. The van der Waals surface area contributed by atoms with Gasteiger partial charge in [0.25, 0.3) is 0 Å². The van der Waals surface area contributed by atoms with E-state index in [4.69, 9.17) is 0 Å². The summed E-state index contributed by atoms with van der Waals surface area (Å²) in [6.45, 7) is 6.70. The Morgan fingerprint density at radius 1 is 1.33 bits per heavy atom. The van der Waals surface area contributed by atoms with Crippen LogP contribution in [-0.2, 0) is 6.42 Å². The van der Waals surface area contributed by atoms with Gasteiger partial charge in [0.05, 0.1) is 5.69 Å². The summed E-state index contributed by atoms with van der Waals surface area (Å²) in [5.41, 5.74) is 4.06. The first-order valence-corrected chi connectivity index (χ1v) is 6.07. The topological polar surface area (TPSA) is 40.7 Å². The van der Waals surface area contributed by atoms with Crippen molar-refractivity contribution in [2.75, 3.05) is 13.1 Å². The molecule has 2 rings (SSSR count). The van der Waals surface area contributed by atoms with E-state index >= 15 is 0 Å². The maximum atomic E-state index is 4.51. The molecule has 0 bridgehead atoms. The molecular formula is C12H21N3. The molecule has 1 saturated heterocycles. The van der Waals surface area contributed by atoms with Crippen molar-refractivity contribution < 1.29 is 0 Å². The molecule has 1 aliphatic rings. The third-order valence-electron chi connectivity index (χ3n) is 3.37. The van der Waals surface area contributed by atoms with E-state index in [1.54, 1.807) is 0 Å². The van der Waals surface area contributed by atoms with Crippen molar-refractivity contribution in [2.24, 2.45) is 0 Å². The molecule has 84 valence electrons. The molecule has 0 radical (unpaired) electrons. The second-order valence-corrected chi connectivity index (χ2v) is 4.49. The van der Waals surface area contributed by atoms with Gasteiger partial charge in [0, 0.05) is 11.6 Å². The summed E-state index contributed by atoms with van der Waals surface area (Å²) in [4.78, 5) is 0. The van der Waals surface area contributed by atoms with Gasteiger partial charge in [-0.25, -0.2) is 0 Å². The summed E-state index contributed by atoms with van der Waals surface area (Å²) in [7, 11) is 0. The predicted octanol–water partition coefficient (Wildman–Crippen LogP) is 2.14. The molecule has 3 nitrogen and oxygen atoms in total. The van der Waals surface area contributed by atoms with Crippen LogP contribution in [0, 0.1) is 6.92 Å². The fraction of sp³-hybridized carbons (Fsp3) is 0.750. The van der Waals surface area contributed by atoms with Crippen molar-refractivity contribution in [3.8, 4) is 0 Å². The minimum absolute atomic E-state index is 0.674. The molecule has 0 aliphatic carbocycles. The van der Waals surface area contributed by atoms with Crippen molar-refractivity contribution >= 4 is 0 Å². The summed E-state index contributed by atoms with van der Waals surface area (Å²) < 4.78 is 0. The highest BCUT2D eigenvalue weighted by atomic mass is 15.1. The highest BCUT2D eigenvalue weighted by Gasteiger charge is 2.20. The van der Waals surface area contributed by atoms with Gasteiger partial charge >= 0.3 is 0 Å². The standard InChI is InChI=1S/C12H21N3/c1-3-4-11-9(2)12(15-14-11)10-5-7-13-8-6-10/h10,13H,3-8H2,1-2H3,(H,14,15). The maximum Gasteiger partial charge on any atom is 0.0685 e. The third kappa shape index (κ3) is 2.23. The maximum absolute atomic E-state index is 4.51. The molecule has 0 spiro atoms. The predicted molar refractivity (Wildman–Crippen MR) is 62.2 cm³/mol. The average Bonchev–Trinajstić information content (AvgIpc) is 2.63. The lowest BCUT2D eigenvalue weighted by Gasteiger charge is -2.21. The largest absolute Gasteiger partial charge is 0.317 e. The first-order chi connectivity index (χ1) is 7.33. The van der Waals surface area contributed by atoms with Gasteiger partial charge in [0.15, 0.2) is 0 Å². The smallest absolute Gasteiger partial charge is 0.0685 e. The van der Waals surface area contributed by atoms with Crippen LogP contribution in [0.5, 0.6) is 0 Å². The van der Waals surface area contributed by atoms with Gasteiger partial charge in [-0.3, -0.25) is 5.10 Å². The number of H-pyrrole nitrogens is 1. The molecule has 2 heterocycles. The summed E-state index contributed by atoms with van der Waals surface area (Å²) in [5.74, 6) is 0.674. The van der Waals surface area contributed by atoms with Crippen LogP contribution in [0.4, 0.5) is 0 Å². The number of hydrogen-bond acceptors (Lipinski definition) is 2. The molecule has 0 aromatic carbocycles. The fourth-order valence-corrected chi connectivity index (χ4v) is 2.44. The monoisotopic (exact) mass is 207 g/mol. The molecule has 1 aromatic rings. The Kier molecular flexibility index (Phi) is 3.41. The first kappa shape index (κ1) is 10.7. The molecule has 0 amide bonds. The summed E-state index contributed by atoms with van der Waals surface area (Å²) in [5, 5.41) is 11.1. The Hall–Kier alpha value is -0.830. The molecule has 1 aromatic heterocycles. The lowest BCUT2D eigenvalue weighted by atomic mass is 9.91. The zero-order chi connectivity index (χ0) is 10.7. The number of piperidine rings is 1. The van der Waals surface area contributed by atoms with Crippen LogP contribution in [0.3, 0.4) is 0 Å². The van der Waals surface area contributed by atoms with Crippen molar-refractivity contribution in [1.29, 1.82) is 0 Å². The summed E-state index contributed by atoms with van der Waals surface area (Å²) in [6.07, 6.45) is 4.78. The van der Waals surface area contributed by atoms with Gasteiger partial charge < -0.3 is 5.32 Å². The van der Waals surface area contributed by atoms with Gasteiger partial charge in [-0.15, -0.1) is 0 Å². The van der Waals surface area contributed by atoms with Crippen molar-refractivity contribution in [1.82, 2.24) is 15.5 Å².